The molecular formula is C20H11FO. The second-order valence-corrected chi connectivity index (χ2v) is 5.63. The zero-order valence-electron chi connectivity index (χ0n) is 11.6. The first kappa shape index (κ1) is 11.8. The Hall–Kier alpha value is -2.87. The maximum Gasteiger partial charge on any atom is 0.141 e. The van der Waals surface area contributed by atoms with Crippen LogP contribution in [0.1, 0.15) is 0 Å². The van der Waals surface area contributed by atoms with Crippen molar-refractivity contribution < 1.29 is 8.81 Å². The van der Waals surface area contributed by atoms with Crippen LogP contribution in [0.2, 0.25) is 0 Å². The Kier molecular flexibility index (Phi) is 2.18. The monoisotopic (exact) mass is 286 g/mol. The second kappa shape index (κ2) is 4.08. The lowest BCUT2D eigenvalue weighted by Crippen LogP contribution is -1.81. The van der Waals surface area contributed by atoms with Gasteiger partial charge in [-0.15, -0.1) is 0 Å². The van der Waals surface area contributed by atoms with Crippen molar-refractivity contribution in [1.29, 1.82) is 0 Å². The molecule has 0 N–H and O–H groups in total. The highest BCUT2D eigenvalue weighted by atomic mass is 19.1. The summed E-state index contributed by atoms with van der Waals surface area (Å²) in [7, 11) is 0. The van der Waals surface area contributed by atoms with Crippen molar-refractivity contribution in [2.75, 3.05) is 0 Å². The normalized spacial score (nSPS) is 11.9. The van der Waals surface area contributed by atoms with Crippen LogP contribution in [0.15, 0.2) is 71.3 Å². The Labute approximate surface area is 125 Å². The van der Waals surface area contributed by atoms with E-state index >= 15 is 0 Å². The zero-order chi connectivity index (χ0) is 14.7. The molecule has 0 aliphatic carbocycles. The third-order valence-corrected chi connectivity index (χ3v) is 4.35. The third kappa shape index (κ3) is 1.52. The van der Waals surface area contributed by atoms with Crippen LogP contribution in [0.5, 0.6) is 0 Å². The third-order valence-electron chi connectivity index (χ3n) is 4.35. The highest BCUT2D eigenvalue weighted by Crippen LogP contribution is 2.33. The van der Waals surface area contributed by atoms with Gasteiger partial charge in [0.2, 0.25) is 0 Å². The first-order chi connectivity index (χ1) is 10.8. The predicted molar refractivity (Wildman–Crippen MR) is 88.7 cm³/mol. The molecule has 0 atom stereocenters. The van der Waals surface area contributed by atoms with Crippen molar-refractivity contribution in [1.82, 2.24) is 0 Å². The molecule has 104 valence electrons. The molecule has 0 amide bonds. The van der Waals surface area contributed by atoms with Crippen molar-refractivity contribution in [3.8, 4) is 0 Å². The first-order valence-corrected chi connectivity index (χ1v) is 7.21. The van der Waals surface area contributed by atoms with Crippen molar-refractivity contribution >= 4 is 43.3 Å². The molecule has 1 aromatic heterocycles. The molecule has 1 nitrogen and oxygen atoms in total. The van der Waals surface area contributed by atoms with Crippen molar-refractivity contribution in [3.05, 3.63) is 72.7 Å². The van der Waals surface area contributed by atoms with Crippen LogP contribution in [0.3, 0.4) is 0 Å². The van der Waals surface area contributed by atoms with Crippen LogP contribution in [0.25, 0.3) is 43.3 Å². The molecule has 22 heavy (non-hydrogen) atoms. The van der Waals surface area contributed by atoms with Gasteiger partial charge in [0.15, 0.2) is 0 Å². The smallest absolute Gasteiger partial charge is 0.141 e. The van der Waals surface area contributed by atoms with Crippen molar-refractivity contribution in [3.63, 3.8) is 0 Å². The number of rotatable bonds is 0. The number of halogens is 1. The minimum Gasteiger partial charge on any atom is -0.464 e. The topological polar surface area (TPSA) is 13.1 Å². The molecule has 0 fully saturated rings. The van der Waals surface area contributed by atoms with E-state index < -0.39 is 0 Å². The SMILES string of the molecule is Fc1ccc2cc3c(ccc4c3ccc3ccoc34)cc2c1. The van der Waals surface area contributed by atoms with Gasteiger partial charge in [0.25, 0.3) is 0 Å². The Bertz CT molecular complexity index is 1180. The van der Waals surface area contributed by atoms with Gasteiger partial charge >= 0.3 is 0 Å². The van der Waals surface area contributed by atoms with Crippen LogP contribution >= 0.6 is 0 Å². The average Bonchev–Trinajstić information content (AvgIpc) is 3.01. The van der Waals surface area contributed by atoms with Gasteiger partial charge in [-0.1, -0.05) is 24.3 Å². The van der Waals surface area contributed by atoms with Gasteiger partial charge in [0.1, 0.15) is 11.4 Å². The summed E-state index contributed by atoms with van der Waals surface area (Å²) in [5.74, 6) is -0.204. The van der Waals surface area contributed by atoms with Gasteiger partial charge in [0, 0.05) is 10.8 Å². The van der Waals surface area contributed by atoms with Crippen molar-refractivity contribution in [2.45, 2.75) is 0 Å². The number of hydrogen-bond donors (Lipinski definition) is 0. The zero-order valence-corrected chi connectivity index (χ0v) is 11.6. The Morgan fingerprint density at radius 1 is 0.591 bits per heavy atom. The standard InChI is InChI=1S/C20H11FO/c21-16-4-1-13-11-19-14(9-15(13)10-16)3-6-18-17(19)5-2-12-7-8-22-20(12)18/h1-11H. The maximum atomic E-state index is 13.4. The summed E-state index contributed by atoms with van der Waals surface area (Å²) in [5.41, 5.74) is 0.915. The summed E-state index contributed by atoms with van der Waals surface area (Å²) in [6.07, 6.45) is 1.72. The molecular weight excluding hydrogens is 275 g/mol. The van der Waals surface area contributed by atoms with E-state index in [1.807, 2.05) is 18.2 Å². The van der Waals surface area contributed by atoms with E-state index in [1.54, 1.807) is 12.3 Å². The molecule has 0 saturated heterocycles. The lowest BCUT2D eigenvalue weighted by Gasteiger charge is -2.07. The fourth-order valence-corrected chi connectivity index (χ4v) is 3.29. The summed E-state index contributed by atoms with van der Waals surface area (Å²) in [5, 5.41) is 7.61. The molecule has 5 rings (SSSR count). The van der Waals surface area contributed by atoms with E-state index in [2.05, 4.69) is 30.3 Å². The Morgan fingerprint density at radius 2 is 1.41 bits per heavy atom. The molecule has 0 spiro atoms. The van der Waals surface area contributed by atoms with Crippen LogP contribution in [-0.4, -0.2) is 0 Å². The van der Waals surface area contributed by atoms with Gasteiger partial charge in [0.05, 0.1) is 6.26 Å². The summed E-state index contributed by atoms with van der Waals surface area (Å²) in [6.45, 7) is 0. The number of fused-ring (bicyclic) bond motifs is 6. The first-order valence-electron chi connectivity index (χ1n) is 7.21. The van der Waals surface area contributed by atoms with E-state index in [0.717, 1.165) is 43.3 Å². The fraction of sp³-hybridized carbons (Fsp3) is 0. The molecule has 0 radical (unpaired) electrons. The number of furan rings is 1. The Morgan fingerprint density at radius 3 is 2.36 bits per heavy atom. The largest absolute Gasteiger partial charge is 0.464 e. The summed E-state index contributed by atoms with van der Waals surface area (Å²) in [6, 6.07) is 19.4. The van der Waals surface area contributed by atoms with Gasteiger partial charge in [-0.2, -0.15) is 0 Å². The van der Waals surface area contributed by atoms with Gasteiger partial charge in [-0.3, -0.25) is 0 Å². The van der Waals surface area contributed by atoms with Gasteiger partial charge in [-0.25, -0.2) is 4.39 Å². The lowest BCUT2D eigenvalue weighted by molar-refractivity contribution is 0.619. The summed E-state index contributed by atoms with van der Waals surface area (Å²) >= 11 is 0. The molecule has 0 saturated carbocycles. The van der Waals surface area contributed by atoms with E-state index in [4.69, 9.17) is 4.42 Å². The summed E-state index contributed by atoms with van der Waals surface area (Å²) < 4.78 is 19.1. The van der Waals surface area contributed by atoms with E-state index in [0.29, 0.717) is 0 Å². The summed E-state index contributed by atoms with van der Waals surface area (Å²) in [4.78, 5) is 0. The van der Waals surface area contributed by atoms with Crippen LogP contribution in [0.4, 0.5) is 4.39 Å². The quantitative estimate of drug-likeness (QED) is 0.250. The maximum absolute atomic E-state index is 13.4. The van der Waals surface area contributed by atoms with Crippen molar-refractivity contribution in [2.24, 2.45) is 0 Å². The molecule has 2 heteroatoms. The highest BCUT2D eigenvalue weighted by Gasteiger charge is 2.08. The van der Waals surface area contributed by atoms with Gasteiger partial charge < -0.3 is 4.42 Å². The van der Waals surface area contributed by atoms with Crippen LogP contribution in [0, 0.1) is 5.82 Å². The molecule has 0 aliphatic rings. The Balaban J connectivity index is 2.00. The second-order valence-electron chi connectivity index (χ2n) is 5.63. The van der Waals surface area contributed by atoms with Gasteiger partial charge in [-0.05, 0) is 63.3 Å². The van der Waals surface area contributed by atoms with E-state index in [-0.39, 0.29) is 5.82 Å². The molecule has 0 bridgehead atoms. The molecule has 4 aromatic carbocycles. The average molecular weight is 286 g/mol. The van der Waals surface area contributed by atoms with E-state index in [9.17, 15) is 4.39 Å². The fourth-order valence-electron chi connectivity index (χ4n) is 3.29. The highest BCUT2D eigenvalue weighted by molar-refractivity contribution is 6.17. The molecule has 0 aliphatic heterocycles. The molecule has 1 heterocycles. The minimum atomic E-state index is -0.204. The lowest BCUT2D eigenvalue weighted by atomic mass is 9.97. The van der Waals surface area contributed by atoms with E-state index in [1.165, 1.54) is 6.07 Å². The van der Waals surface area contributed by atoms with Crippen LogP contribution < -0.4 is 0 Å². The minimum absolute atomic E-state index is 0.204. The molecule has 0 unspecified atom stereocenters. The number of benzene rings is 4. The van der Waals surface area contributed by atoms with Crippen LogP contribution in [-0.2, 0) is 0 Å². The predicted octanol–water partition coefficient (Wildman–Crippen LogP) is 6.03. The molecule has 5 aromatic rings. The number of hydrogen-bond acceptors (Lipinski definition) is 1.